The second-order valence-electron chi connectivity index (χ2n) is 4.17. The molecule has 15 heavy (non-hydrogen) atoms. The van der Waals surface area contributed by atoms with E-state index in [-0.39, 0.29) is 5.78 Å². The number of ketones is 1. The lowest BCUT2D eigenvalue weighted by Crippen LogP contribution is -2.29. The molecule has 0 aliphatic carbocycles. The fourth-order valence-electron chi connectivity index (χ4n) is 1.15. The molecule has 0 aliphatic heterocycles. The topological polar surface area (TPSA) is 37.3 Å². The van der Waals surface area contributed by atoms with Crippen molar-refractivity contribution in [2.24, 2.45) is 0 Å². The van der Waals surface area contributed by atoms with Crippen LogP contribution in [0.4, 0.5) is 0 Å². The fraction of sp³-hybridized carbons (Fsp3) is 0.308. The summed E-state index contributed by atoms with van der Waals surface area (Å²) in [6.45, 7) is 4.96. The summed E-state index contributed by atoms with van der Waals surface area (Å²) in [6, 6.07) is 7.83. The molecule has 1 rings (SSSR count). The standard InChI is InChI=1S/C13H16O2/c1-10-5-4-6-11(9-10)7-8-12(14)13(2,3)15/h4-9,15H,1-3H3/b8-7+. The molecule has 1 N–H and O–H groups in total. The minimum Gasteiger partial charge on any atom is -0.382 e. The van der Waals surface area contributed by atoms with Crippen LogP contribution in [-0.4, -0.2) is 16.5 Å². The molecule has 2 nitrogen and oxygen atoms in total. The Balaban J connectivity index is 2.79. The van der Waals surface area contributed by atoms with Crippen LogP contribution in [0.25, 0.3) is 6.08 Å². The van der Waals surface area contributed by atoms with E-state index in [4.69, 9.17) is 0 Å². The Hall–Kier alpha value is -1.41. The van der Waals surface area contributed by atoms with Gasteiger partial charge in [0.1, 0.15) is 5.60 Å². The van der Waals surface area contributed by atoms with Crippen molar-refractivity contribution in [3.8, 4) is 0 Å². The molecule has 0 amide bonds. The van der Waals surface area contributed by atoms with E-state index >= 15 is 0 Å². The van der Waals surface area contributed by atoms with Gasteiger partial charge in [-0.05, 0) is 32.4 Å². The molecule has 0 saturated heterocycles. The van der Waals surface area contributed by atoms with Gasteiger partial charge in [-0.25, -0.2) is 0 Å². The lowest BCUT2D eigenvalue weighted by molar-refractivity contribution is -0.128. The molecule has 0 saturated carbocycles. The van der Waals surface area contributed by atoms with E-state index in [1.54, 1.807) is 6.08 Å². The number of carbonyl (C=O) groups is 1. The number of benzene rings is 1. The third-order valence-corrected chi connectivity index (χ3v) is 2.07. The largest absolute Gasteiger partial charge is 0.382 e. The van der Waals surface area contributed by atoms with Crippen LogP contribution in [0.5, 0.6) is 0 Å². The molecule has 0 fully saturated rings. The van der Waals surface area contributed by atoms with Crippen molar-refractivity contribution in [1.29, 1.82) is 0 Å². The van der Waals surface area contributed by atoms with Gasteiger partial charge in [-0.2, -0.15) is 0 Å². The van der Waals surface area contributed by atoms with Crippen LogP contribution in [0.3, 0.4) is 0 Å². The summed E-state index contributed by atoms with van der Waals surface area (Å²) in [5.41, 5.74) is 0.820. The number of hydrogen-bond donors (Lipinski definition) is 1. The van der Waals surface area contributed by atoms with Crippen LogP contribution in [0.15, 0.2) is 30.3 Å². The molecule has 0 aliphatic rings. The predicted octanol–water partition coefficient (Wildman–Crippen LogP) is 2.35. The number of aryl methyl sites for hydroxylation is 1. The third kappa shape index (κ3) is 3.68. The first kappa shape index (κ1) is 11.7. The van der Waals surface area contributed by atoms with Crippen molar-refractivity contribution in [3.05, 3.63) is 41.5 Å². The van der Waals surface area contributed by atoms with Crippen LogP contribution in [0.2, 0.25) is 0 Å². The minimum absolute atomic E-state index is 0.288. The quantitative estimate of drug-likeness (QED) is 0.767. The molecule has 80 valence electrons. The Labute approximate surface area is 90.3 Å². The van der Waals surface area contributed by atoms with Gasteiger partial charge in [-0.1, -0.05) is 35.9 Å². The maximum absolute atomic E-state index is 11.4. The lowest BCUT2D eigenvalue weighted by Gasteiger charge is -2.11. The summed E-state index contributed by atoms with van der Waals surface area (Å²) in [6.07, 6.45) is 3.13. The lowest BCUT2D eigenvalue weighted by atomic mass is 10.0. The second-order valence-corrected chi connectivity index (χ2v) is 4.17. The van der Waals surface area contributed by atoms with Crippen LogP contribution in [0.1, 0.15) is 25.0 Å². The predicted molar refractivity (Wildman–Crippen MR) is 61.5 cm³/mol. The Bertz CT molecular complexity index is 384. The van der Waals surface area contributed by atoms with Gasteiger partial charge in [-0.15, -0.1) is 0 Å². The fourth-order valence-corrected chi connectivity index (χ4v) is 1.15. The zero-order valence-corrected chi connectivity index (χ0v) is 9.32. The van der Waals surface area contributed by atoms with Crippen molar-refractivity contribution in [2.75, 3.05) is 0 Å². The summed E-state index contributed by atoms with van der Waals surface area (Å²) in [7, 11) is 0. The van der Waals surface area contributed by atoms with E-state index < -0.39 is 5.60 Å². The second kappa shape index (κ2) is 4.41. The van der Waals surface area contributed by atoms with Gasteiger partial charge in [0.15, 0.2) is 5.78 Å². The highest BCUT2D eigenvalue weighted by Crippen LogP contribution is 2.08. The Morgan fingerprint density at radius 3 is 2.60 bits per heavy atom. The van der Waals surface area contributed by atoms with Crippen molar-refractivity contribution in [3.63, 3.8) is 0 Å². The van der Waals surface area contributed by atoms with E-state index in [0.717, 1.165) is 11.1 Å². The van der Waals surface area contributed by atoms with E-state index in [1.807, 2.05) is 31.2 Å². The van der Waals surface area contributed by atoms with Gasteiger partial charge in [-0.3, -0.25) is 4.79 Å². The van der Waals surface area contributed by atoms with Crippen molar-refractivity contribution in [2.45, 2.75) is 26.4 Å². The Morgan fingerprint density at radius 1 is 1.40 bits per heavy atom. The molecule has 0 heterocycles. The zero-order chi connectivity index (χ0) is 11.5. The molecule has 1 aromatic carbocycles. The average molecular weight is 204 g/mol. The van der Waals surface area contributed by atoms with Gasteiger partial charge < -0.3 is 5.11 Å². The average Bonchev–Trinajstić information content (AvgIpc) is 2.12. The summed E-state index contributed by atoms with van der Waals surface area (Å²) >= 11 is 0. The van der Waals surface area contributed by atoms with Gasteiger partial charge in [0.2, 0.25) is 0 Å². The molecule has 0 spiro atoms. The molecule has 2 heteroatoms. The van der Waals surface area contributed by atoms with E-state index in [1.165, 1.54) is 19.9 Å². The van der Waals surface area contributed by atoms with Gasteiger partial charge in [0.25, 0.3) is 0 Å². The molecular weight excluding hydrogens is 188 g/mol. The Kier molecular flexibility index (Phi) is 3.43. The smallest absolute Gasteiger partial charge is 0.186 e. The van der Waals surface area contributed by atoms with Crippen LogP contribution in [-0.2, 0) is 4.79 Å². The van der Waals surface area contributed by atoms with Crippen molar-refractivity contribution >= 4 is 11.9 Å². The highest BCUT2D eigenvalue weighted by Gasteiger charge is 2.20. The number of rotatable bonds is 3. The Morgan fingerprint density at radius 2 is 2.07 bits per heavy atom. The van der Waals surface area contributed by atoms with E-state index in [2.05, 4.69) is 0 Å². The summed E-state index contributed by atoms with van der Waals surface area (Å²) < 4.78 is 0. The molecular formula is C13H16O2. The summed E-state index contributed by atoms with van der Waals surface area (Å²) in [5.74, 6) is -0.288. The summed E-state index contributed by atoms with van der Waals surface area (Å²) in [4.78, 5) is 11.4. The normalized spacial score (nSPS) is 12.0. The first-order chi connectivity index (χ1) is 6.89. The van der Waals surface area contributed by atoms with Crippen molar-refractivity contribution < 1.29 is 9.90 Å². The van der Waals surface area contributed by atoms with Gasteiger partial charge in [0.05, 0.1) is 0 Å². The molecule has 0 bridgehead atoms. The number of aliphatic hydroxyl groups is 1. The number of carbonyl (C=O) groups excluding carboxylic acids is 1. The van der Waals surface area contributed by atoms with Gasteiger partial charge >= 0.3 is 0 Å². The molecule has 0 radical (unpaired) electrons. The SMILES string of the molecule is Cc1cccc(/C=C/C(=O)C(C)(C)O)c1. The van der Waals surface area contributed by atoms with Crippen LogP contribution in [0, 0.1) is 6.92 Å². The highest BCUT2D eigenvalue weighted by molar-refractivity contribution is 5.99. The van der Waals surface area contributed by atoms with E-state index in [0.29, 0.717) is 0 Å². The zero-order valence-electron chi connectivity index (χ0n) is 9.32. The minimum atomic E-state index is -1.29. The molecule has 0 unspecified atom stereocenters. The van der Waals surface area contributed by atoms with Crippen LogP contribution < -0.4 is 0 Å². The summed E-state index contributed by atoms with van der Waals surface area (Å²) in [5, 5.41) is 9.42. The molecule has 0 aromatic heterocycles. The number of hydrogen-bond acceptors (Lipinski definition) is 2. The first-order valence-corrected chi connectivity index (χ1v) is 4.91. The van der Waals surface area contributed by atoms with Gasteiger partial charge in [0, 0.05) is 0 Å². The third-order valence-electron chi connectivity index (χ3n) is 2.07. The monoisotopic (exact) mass is 204 g/mol. The highest BCUT2D eigenvalue weighted by atomic mass is 16.3. The van der Waals surface area contributed by atoms with Crippen LogP contribution >= 0.6 is 0 Å². The molecule has 0 atom stereocenters. The maximum Gasteiger partial charge on any atom is 0.186 e. The van der Waals surface area contributed by atoms with Crippen molar-refractivity contribution in [1.82, 2.24) is 0 Å². The maximum atomic E-state index is 11.4. The van der Waals surface area contributed by atoms with E-state index in [9.17, 15) is 9.90 Å². The first-order valence-electron chi connectivity index (χ1n) is 4.91. The molecule has 1 aromatic rings.